The quantitative estimate of drug-likeness (QED) is 0.282. The molecule has 0 bridgehead atoms. The first kappa shape index (κ1) is 31.6. The Morgan fingerprint density at radius 1 is 0.951 bits per heavy atom. The molecule has 0 fully saturated rings. The van der Waals surface area contributed by atoms with Gasteiger partial charge in [-0.05, 0) is 145 Å². The molecule has 0 heterocycles. The van der Waals surface area contributed by atoms with Crippen molar-refractivity contribution >= 4 is 5.57 Å². The van der Waals surface area contributed by atoms with Crippen molar-refractivity contribution in [3.05, 3.63) is 99.2 Å². The molecule has 0 spiro atoms. The molecule has 4 rings (SSSR count). The van der Waals surface area contributed by atoms with Crippen molar-refractivity contribution in [2.75, 3.05) is 0 Å². The lowest BCUT2D eigenvalue weighted by Crippen LogP contribution is -2.52. The van der Waals surface area contributed by atoms with Crippen LogP contribution >= 0.6 is 0 Å². The Hall–Kier alpha value is -2.34. The van der Waals surface area contributed by atoms with Crippen LogP contribution < -0.4 is 0 Å². The Kier molecular flexibility index (Phi) is 8.27. The van der Waals surface area contributed by atoms with Gasteiger partial charge in [-0.3, -0.25) is 0 Å². The molecule has 0 heteroatoms. The van der Waals surface area contributed by atoms with Gasteiger partial charge in [-0.1, -0.05) is 103 Å². The van der Waals surface area contributed by atoms with Crippen LogP contribution in [0.3, 0.4) is 0 Å². The van der Waals surface area contributed by atoms with Gasteiger partial charge in [-0.25, -0.2) is 0 Å². The maximum atomic E-state index is 4.93. The summed E-state index contributed by atoms with van der Waals surface area (Å²) in [5, 5.41) is 0. The molecule has 0 aromatic heterocycles. The number of hydrogen-bond acceptors (Lipinski definition) is 0. The van der Waals surface area contributed by atoms with E-state index in [9.17, 15) is 0 Å². The van der Waals surface area contributed by atoms with Crippen LogP contribution in [0.15, 0.2) is 71.4 Å². The summed E-state index contributed by atoms with van der Waals surface area (Å²) in [5.41, 5.74) is 18.3. The first-order valence-electron chi connectivity index (χ1n) is 16.2. The van der Waals surface area contributed by atoms with E-state index in [2.05, 4.69) is 95.4 Å². The summed E-state index contributed by atoms with van der Waals surface area (Å²) in [6.45, 7) is 44.7. The minimum atomic E-state index is -0.114. The molecule has 3 atom stereocenters. The van der Waals surface area contributed by atoms with E-state index in [1.165, 1.54) is 67.7 Å². The zero-order chi connectivity index (χ0) is 30.8. The Bertz CT molecular complexity index is 1400. The summed E-state index contributed by atoms with van der Waals surface area (Å²) in [6, 6.07) is 2.55. The van der Waals surface area contributed by atoms with Gasteiger partial charge in [0.2, 0.25) is 0 Å². The molecule has 0 nitrogen and oxygen atoms in total. The van der Waals surface area contributed by atoms with Crippen molar-refractivity contribution in [2.45, 2.75) is 127 Å². The van der Waals surface area contributed by atoms with Crippen LogP contribution in [0.25, 0.3) is 5.57 Å². The van der Waals surface area contributed by atoms with Crippen molar-refractivity contribution in [3.8, 4) is 0 Å². The lowest BCUT2D eigenvalue weighted by molar-refractivity contribution is 0.0543. The standard InChI is InChI=1S/C41H58/c1-24(2)16-17-27(7)18-19-33-20-34(25(3)4)35-22-39(13)23-40(14)21-28(8)36(26(5)6)31(11)41(40,15)32(12)38(39)30(10)37(35)29(33)9/h20,24-25H,5,7,10-11,16-19,21-23H2,1-4,6,8-9,12-15H3/t39-,40+,41-/m1/s1. The molecule has 3 aliphatic carbocycles. The van der Waals surface area contributed by atoms with Gasteiger partial charge in [0.05, 0.1) is 0 Å². The zero-order valence-corrected chi connectivity index (χ0v) is 28.5. The topological polar surface area (TPSA) is 0 Å². The first-order chi connectivity index (χ1) is 18.9. The van der Waals surface area contributed by atoms with Crippen molar-refractivity contribution in [1.29, 1.82) is 0 Å². The molecule has 0 amide bonds. The average molecular weight is 551 g/mol. The van der Waals surface area contributed by atoms with Gasteiger partial charge in [0.15, 0.2) is 0 Å². The maximum Gasteiger partial charge on any atom is 0.0194 e. The van der Waals surface area contributed by atoms with Gasteiger partial charge in [0.25, 0.3) is 0 Å². The summed E-state index contributed by atoms with van der Waals surface area (Å²) in [7, 11) is 0. The number of aryl methyl sites for hydroxylation is 1. The van der Waals surface area contributed by atoms with Gasteiger partial charge < -0.3 is 0 Å². The molecule has 0 N–H and O–H groups in total. The fourth-order valence-corrected chi connectivity index (χ4v) is 9.39. The largest absolute Gasteiger partial charge is 0.0999 e. The molecule has 222 valence electrons. The third kappa shape index (κ3) is 4.92. The van der Waals surface area contributed by atoms with Gasteiger partial charge >= 0.3 is 0 Å². The molecule has 1 aromatic carbocycles. The smallest absolute Gasteiger partial charge is 0.0194 e. The molecule has 3 aliphatic rings. The Morgan fingerprint density at radius 2 is 1.59 bits per heavy atom. The number of fused-ring (bicyclic) bond motifs is 3. The fourth-order valence-electron chi connectivity index (χ4n) is 9.39. The summed E-state index contributed by atoms with van der Waals surface area (Å²) >= 11 is 0. The first-order valence-corrected chi connectivity index (χ1v) is 16.2. The van der Waals surface area contributed by atoms with Crippen LogP contribution in [0.2, 0.25) is 0 Å². The predicted molar refractivity (Wildman–Crippen MR) is 182 cm³/mol. The van der Waals surface area contributed by atoms with E-state index in [0.29, 0.717) is 5.92 Å². The van der Waals surface area contributed by atoms with Crippen LogP contribution in [0.1, 0.15) is 135 Å². The average Bonchev–Trinajstić information content (AvgIpc) is 2.83. The van der Waals surface area contributed by atoms with E-state index in [4.69, 9.17) is 13.2 Å². The highest BCUT2D eigenvalue weighted by Crippen LogP contribution is 2.70. The van der Waals surface area contributed by atoms with Crippen molar-refractivity contribution in [3.63, 3.8) is 0 Å². The van der Waals surface area contributed by atoms with Crippen LogP contribution in [-0.2, 0) is 12.8 Å². The molecule has 0 aliphatic heterocycles. The van der Waals surface area contributed by atoms with Crippen molar-refractivity contribution < 1.29 is 0 Å². The van der Waals surface area contributed by atoms with E-state index >= 15 is 0 Å². The lowest BCUT2D eigenvalue weighted by atomic mass is 9.41. The molecule has 1 aromatic rings. The monoisotopic (exact) mass is 550 g/mol. The highest BCUT2D eigenvalue weighted by atomic mass is 14.6. The SMILES string of the molecule is C=C(CCc1cc(C(C)C)c2c(c1C)C(=C)C1=C(C)[C@@]3(C)C(=C)C(C(=C)C)=C(C)C[C@@]3(C)C[C@@]1(C)C2)CCC(C)C. The minimum Gasteiger partial charge on any atom is -0.0999 e. The Balaban J connectivity index is 1.87. The van der Waals surface area contributed by atoms with Crippen molar-refractivity contribution in [2.24, 2.45) is 22.2 Å². The fraction of sp³-hybridized carbons (Fsp3) is 0.561. The second-order valence-electron chi connectivity index (χ2n) is 15.6. The normalized spacial score (nSPS) is 27.8. The highest BCUT2D eigenvalue weighted by molar-refractivity contribution is 5.87. The molecular formula is C41H58. The summed E-state index contributed by atoms with van der Waals surface area (Å²) in [6.07, 6.45) is 7.84. The number of allylic oxidation sites excluding steroid dienone is 8. The van der Waals surface area contributed by atoms with E-state index in [1.807, 2.05) is 0 Å². The summed E-state index contributed by atoms with van der Waals surface area (Å²) in [5.74, 6) is 1.21. The van der Waals surface area contributed by atoms with Gasteiger partial charge in [-0.15, -0.1) is 0 Å². The van der Waals surface area contributed by atoms with E-state index in [0.717, 1.165) is 50.0 Å². The summed E-state index contributed by atoms with van der Waals surface area (Å²) < 4.78 is 0. The number of rotatable bonds is 8. The van der Waals surface area contributed by atoms with Crippen molar-refractivity contribution in [1.82, 2.24) is 0 Å². The lowest BCUT2D eigenvalue weighted by Gasteiger charge is -2.62. The van der Waals surface area contributed by atoms with Crippen LogP contribution in [-0.4, -0.2) is 0 Å². The Morgan fingerprint density at radius 3 is 2.15 bits per heavy atom. The summed E-state index contributed by atoms with van der Waals surface area (Å²) in [4.78, 5) is 0. The molecule has 0 saturated carbocycles. The van der Waals surface area contributed by atoms with Crippen LogP contribution in [0.4, 0.5) is 0 Å². The molecule has 0 saturated heterocycles. The highest BCUT2D eigenvalue weighted by Gasteiger charge is 2.59. The van der Waals surface area contributed by atoms with Gasteiger partial charge in [-0.2, -0.15) is 0 Å². The maximum absolute atomic E-state index is 4.93. The zero-order valence-electron chi connectivity index (χ0n) is 28.5. The third-order valence-electron chi connectivity index (χ3n) is 11.6. The number of benzene rings is 1. The molecule has 0 radical (unpaired) electrons. The molecular weight excluding hydrogens is 492 g/mol. The Labute approximate surface area is 253 Å². The second kappa shape index (κ2) is 10.7. The van der Waals surface area contributed by atoms with E-state index in [-0.39, 0.29) is 16.2 Å². The number of hydrogen-bond donors (Lipinski definition) is 0. The van der Waals surface area contributed by atoms with Gasteiger partial charge in [0, 0.05) is 5.41 Å². The second-order valence-corrected chi connectivity index (χ2v) is 15.6. The van der Waals surface area contributed by atoms with Gasteiger partial charge in [0.1, 0.15) is 0 Å². The van der Waals surface area contributed by atoms with Crippen LogP contribution in [0.5, 0.6) is 0 Å². The molecule has 0 unspecified atom stereocenters. The predicted octanol–water partition coefficient (Wildman–Crippen LogP) is 12.2. The minimum absolute atomic E-state index is 0.0619. The molecule has 41 heavy (non-hydrogen) atoms. The van der Waals surface area contributed by atoms with E-state index in [1.54, 1.807) is 5.56 Å². The van der Waals surface area contributed by atoms with Crippen LogP contribution in [0, 0.1) is 29.1 Å². The van der Waals surface area contributed by atoms with E-state index < -0.39 is 0 Å². The third-order valence-corrected chi connectivity index (χ3v) is 11.6.